The number of nitrogens with zero attached hydrogens (tertiary/aromatic N) is 4. The number of rotatable bonds is 7. The summed E-state index contributed by atoms with van der Waals surface area (Å²) >= 11 is 0. The Balaban J connectivity index is 0.000000196. The van der Waals surface area contributed by atoms with Crippen molar-refractivity contribution in [3.05, 3.63) is 114 Å². The van der Waals surface area contributed by atoms with Gasteiger partial charge in [-0.05, 0) is 44.0 Å². The van der Waals surface area contributed by atoms with E-state index in [-0.39, 0.29) is 11.9 Å². The van der Waals surface area contributed by atoms with Gasteiger partial charge in [0.25, 0.3) is 5.91 Å². The van der Waals surface area contributed by atoms with E-state index in [0.717, 1.165) is 40.8 Å². The van der Waals surface area contributed by atoms with E-state index in [1.54, 1.807) is 6.20 Å². The molecule has 6 rings (SSSR count). The van der Waals surface area contributed by atoms with E-state index < -0.39 is 0 Å². The molecule has 0 unspecified atom stereocenters. The molecule has 43 heavy (non-hydrogen) atoms. The van der Waals surface area contributed by atoms with Crippen LogP contribution in [0.5, 0.6) is 0 Å². The number of piperazine rings is 1. The first-order valence-corrected chi connectivity index (χ1v) is 15.5. The highest BCUT2D eigenvalue weighted by Crippen LogP contribution is 2.25. The highest BCUT2D eigenvalue weighted by Gasteiger charge is 2.23. The zero-order chi connectivity index (χ0) is 30.0. The lowest BCUT2D eigenvalue weighted by molar-refractivity contribution is 0.0941. The number of carbonyl (C=O) groups is 1. The summed E-state index contributed by atoms with van der Waals surface area (Å²) < 4.78 is 0. The molecule has 0 aliphatic carbocycles. The van der Waals surface area contributed by atoms with Gasteiger partial charge < -0.3 is 25.8 Å². The summed E-state index contributed by atoms with van der Waals surface area (Å²) in [5, 5.41) is 3.97. The van der Waals surface area contributed by atoms with Gasteiger partial charge in [-0.15, -0.1) is 0 Å². The molecule has 2 fully saturated rings. The van der Waals surface area contributed by atoms with Crippen molar-refractivity contribution in [2.45, 2.75) is 32.7 Å². The van der Waals surface area contributed by atoms with E-state index in [9.17, 15) is 4.79 Å². The number of carbonyl (C=O) groups excluding carboxylic acids is 1. The molecular weight excluding hydrogens is 532 g/mol. The Morgan fingerprint density at radius 2 is 1.47 bits per heavy atom. The van der Waals surface area contributed by atoms with Gasteiger partial charge in [-0.25, -0.2) is 4.98 Å². The summed E-state index contributed by atoms with van der Waals surface area (Å²) in [6.07, 6.45) is 4.42. The monoisotopic (exact) mass is 576 g/mol. The van der Waals surface area contributed by atoms with Crippen LogP contribution in [0.3, 0.4) is 0 Å². The molecule has 2 saturated heterocycles. The molecular formula is C36H44N6O. The summed E-state index contributed by atoms with van der Waals surface area (Å²) in [7, 11) is 0. The van der Waals surface area contributed by atoms with Crippen molar-refractivity contribution in [1.29, 1.82) is 0 Å². The van der Waals surface area contributed by atoms with E-state index in [1.165, 1.54) is 51.4 Å². The number of benzene rings is 3. The lowest BCUT2D eigenvalue weighted by Crippen LogP contribution is -2.48. The lowest BCUT2D eigenvalue weighted by Gasteiger charge is -2.39. The number of likely N-dealkylation sites (N-methyl/N-ethyl adjacent to an activating group) is 1. The number of nitrogens with two attached hydrogens (primary N) is 1. The topological polar surface area (TPSA) is 77.7 Å². The van der Waals surface area contributed by atoms with Crippen LogP contribution < -0.4 is 11.1 Å². The number of fused-ring (bicyclic) bond motifs is 1. The fourth-order valence-corrected chi connectivity index (χ4v) is 5.87. The van der Waals surface area contributed by atoms with Crippen LogP contribution in [0.15, 0.2) is 103 Å². The van der Waals surface area contributed by atoms with Crippen molar-refractivity contribution in [3.63, 3.8) is 0 Å². The second-order valence-electron chi connectivity index (χ2n) is 11.2. The van der Waals surface area contributed by atoms with Gasteiger partial charge in [0.1, 0.15) is 5.82 Å². The van der Waals surface area contributed by atoms with Crippen LogP contribution in [0, 0.1) is 0 Å². The minimum absolute atomic E-state index is 0.0780. The maximum Gasteiger partial charge on any atom is 0.252 e. The summed E-state index contributed by atoms with van der Waals surface area (Å²) in [5.74, 6) is 1.16. The standard InChI is InChI=1S/C24H20N2O.C12H24N4/c1-17(18-10-4-2-5-11-18)25-24(27)21-16-23(19-12-6-3-7-13-19)26-22-15-9-8-14-20(21)22;1-2-14-7-9-16(10-8-14)12(11-13)15-5-3-4-6-15/h2-17H,1H3,(H,25,27);11H,2-10,13H2,1H3/b;12-11+/t17-;/m0./s1. The SMILES string of the molecule is CCN1CCN(/C(=C/N)N2CCCC2)CC1.C[C@H](NC(=O)c1cc(-c2ccccc2)nc2ccccc12)c1ccccc1. The minimum atomic E-state index is -0.0952. The van der Waals surface area contributed by atoms with Crippen LogP contribution in [-0.4, -0.2) is 71.4 Å². The second kappa shape index (κ2) is 14.7. The molecule has 7 heteroatoms. The smallest absolute Gasteiger partial charge is 0.252 e. The third kappa shape index (κ3) is 7.54. The summed E-state index contributed by atoms with van der Waals surface area (Å²) in [6.45, 7) is 12.3. The molecule has 1 amide bonds. The Hall–Kier alpha value is -4.36. The average molecular weight is 577 g/mol. The van der Waals surface area contributed by atoms with Gasteiger partial charge in [-0.3, -0.25) is 4.79 Å². The molecule has 0 spiro atoms. The third-order valence-corrected chi connectivity index (χ3v) is 8.40. The first-order chi connectivity index (χ1) is 21.1. The minimum Gasteiger partial charge on any atom is -0.402 e. The Morgan fingerprint density at radius 1 is 0.860 bits per heavy atom. The molecule has 0 saturated carbocycles. The van der Waals surface area contributed by atoms with E-state index in [4.69, 9.17) is 10.7 Å². The number of para-hydroxylation sites is 1. The fourth-order valence-electron chi connectivity index (χ4n) is 5.87. The largest absolute Gasteiger partial charge is 0.402 e. The fraction of sp³-hybridized carbons (Fsp3) is 0.333. The maximum absolute atomic E-state index is 13.1. The number of nitrogens with one attached hydrogen (secondary N) is 1. The molecule has 1 atom stereocenters. The Morgan fingerprint density at radius 3 is 2.12 bits per heavy atom. The predicted octanol–water partition coefficient (Wildman–Crippen LogP) is 5.87. The van der Waals surface area contributed by atoms with Crippen LogP contribution >= 0.6 is 0 Å². The molecule has 1 aromatic heterocycles. The molecule has 4 aromatic rings. The van der Waals surface area contributed by atoms with Crippen LogP contribution in [0.25, 0.3) is 22.2 Å². The number of likely N-dealkylation sites (tertiary alicyclic amines) is 1. The Kier molecular flexibility index (Phi) is 10.3. The summed E-state index contributed by atoms with van der Waals surface area (Å²) in [6, 6.07) is 29.5. The predicted molar refractivity (Wildman–Crippen MR) is 176 cm³/mol. The first kappa shape index (κ1) is 30.1. The molecule has 7 nitrogen and oxygen atoms in total. The summed E-state index contributed by atoms with van der Waals surface area (Å²) in [4.78, 5) is 25.2. The lowest BCUT2D eigenvalue weighted by atomic mass is 10.0. The van der Waals surface area contributed by atoms with Crippen molar-refractivity contribution in [2.75, 3.05) is 45.8 Å². The van der Waals surface area contributed by atoms with E-state index in [1.807, 2.05) is 97.9 Å². The van der Waals surface area contributed by atoms with Crippen LogP contribution in [0.2, 0.25) is 0 Å². The zero-order valence-electron chi connectivity index (χ0n) is 25.5. The van der Waals surface area contributed by atoms with Crippen molar-refractivity contribution in [2.24, 2.45) is 5.73 Å². The van der Waals surface area contributed by atoms with Gasteiger partial charge in [-0.1, -0.05) is 85.8 Å². The van der Waals surface area contributed by atoms with Gasteiger partial charge in [0, 0.05) is 56.4 Å². The number of aromatic nitrogens is 1. The quantitative estimate of drug-likeness (QED) is 0.287. The van der Waals surface area contributed by atoms with Crippen molar-refractivity contribution in [1.82, 2.24) is 25.0 Å². The Labute approximate surface area is 256 Å². The Bertz CT molecular complexity index is 1490. The molecule has 2 aliphatic heterocycles. The molecule has 224 valence electrons. The second-order valence-corrected chi connectivity index (χ2v) is 11.2. The molecule has 3 N–H and O–H groups in total. The van der Waals surface area contributed by atoms with Crippen LogP contribution in [0.4, 0.5) is 0 Å². The number of amides is 1. The molecule has 0 radical (unpaired) electrons. The van der Waals surface area contributed by atoms with Gasteiger partial charge in [0.2, 0.25) is 0 Å². The van der Waals surface area contributed by atoms with Crippen LogP contribution in [0.1, 0.15) is 48.7 Å². The van der Waals surface area contributed by atoms with Crippen molar-refractivity contribution >= 4 is 16.8 Å². The molecule has 2 aliphatic rings. The highest BCUT2D eigenvalue weighted by molar-refractivity contribution is 6.07. The van der Waals surface area contributed by atoms with Gasteiger partial charge in [-0.2, -0.15) is 0 Å². The zero-order valence-corrected chi connectivity index (χ0v) is 25.5. The molecule has 0 bridgehead atoms. The molecule has 3 heterocycles. The van der Waals surface area contributed by atoms with Gasteiger partial charge in [0.05, 0.1) is 22.8 Å². The highest BCUT2D eigenvalue weighted by atomic mass is 16.1. The van der Waals surface area contributed by atoms with E-state index in [2.05, 4.69) is 26.9 Å². The normalized spacial score (nSPS) is 16.5. The number of hydrogen-bond donors (Lipinski definition) is 2. The van der Waals surface area contributed by atoms with Gasteiger partial charge in [0.15, 0.2) is 0 Å². The van der Waals surface area contributed by atoms with Gasteiger partial charge >= 0.3 is 0 Å². The maximum atomic E-state index is 13.1. The molecule has 3 aromatic carbocycles. The van der Waals surface area contributed by atoms with Crippen molar-refractivity contribution in [3.8, 4) is 11.3 Å². The third-order valence-electron chi connectivity index (χ3n) is 8.40. The number of hydrogen-bond acceptors (Lipinski definition) is 6. The summed E-state index contributed by atoms with van der Waals surface area (Å²) in [5.41, 5.74) is 10.1. The number of pyridine rings is 1. The van der Waals surface area contributed by atoms with Crippen LogP contribution in [-0.2, 0) is 0 Å². The van der Waals surface area contributed by atoms with E-state index >= 15 is 0 Å². The van der Waals surface area contributed by atoms with E-state index in [0.29, 0.717) is 5.56 Å². The van der Waals surface area contributed by atoms with Crippen molar-refractivity contribution < 1.29 is 4.79 Å². The first-order valence-electron chi connectivity index (χ1n) is 15.5. The average Bonchev–Trinajstić information content (AvgIpc) is 3.60.